The summed E-state index contributed by atoms with van der Waals surface area (Å²) in [5.41, 5.74) is 0.706. The lowest BCUT2D eigenvalue weighted by atomic mass is 10.0. The lowest BCUT2D eigenvalue weighted by Gasteiger charge is -2.30. The van der Waals surface area contributed by atoms with Crippen LogP contribution in [0, 0.1) is 5.82 Å². The number of hydrogen-bond acceptors (Lipinski definition) is 3. The van der Waals surface area contributed by atoms with Crippen molar-refractivity contribution in [1.29, 1.82) is 0 Å². The molecule has 0 N–H and O–H groups in total. The minimum atomic E-state index is -0.738. The molecule has 3 rings (SSSR count). The number of halogens is 3. The molecule has 0 spiro atoms. The molecule has 3 nitrogen and oxygen atoms in total. The molecule has 2 unspecified atom stereocenters. The molecule has 1 aliphatic heterocycles. The van der Waals surface area contributed by atoms with Gasteiger partial charge in [0.15, 0.2) is 5.82 Å². The standard InChI is InChI=1S/C20H18Cl2FNO2S/c1-20(2,3)27-18-16(11-7-9-12(21)10-8-11)24(19(26)17(18)25)14-6-4-5-13(22)15(14)23/h4-10,16,18H,1-3H3. The maximum absolute atomic E-state index is 14.7. The van der Waals surface area contributed by atoms with Gasteiger partial charge in [-0.3, -0.25) is 14.5 Å². The smallest absolute Gasteiger partial charge is 0.294 e. The molecule has 7 heteroatoms. The Balaban J connectivity index is 2.17. The first-order valence-corrected chi connectivity index (χ1v) is 9.98. The third kappa shape index (κ3) is 4.00. The maximum atomic E-state index is 14.7. The molecule has 0 aromatic heterocycles. The van der Waals surface area contributed by atoms with Gasteiger partial charge < -0.3 is 0 Å². The molecule has 1 amide bonds. The fourth-order valence-electron chi connectivity index (χ4n) is 3.07. The van der Waals surface area contributed by atoms with E-state index < -0.39 is 28.8 Å². The van der Waals surface area contributed by atoms with E-state index in [1.807, 2.05) is 20.8 Å². The number of hydrogen-bond donors (Lipinski definition) is 0. The summed E-state index contributed by atoms with van der Waals surface area (Å²) in [5, 5.41) is -0.235. The number of nitrogens with zero attached hydrogens (tertiary/aromatic N) is 1. The van der Waals surface area contributed by atoms with E-state index in [1.165, 1.54) is 28.8 Å². The Morgan fingerprint density at radius 1 is 1.04 bits per heavy atom. The van der Waals surface area contributed by atoms with Crippen molar-refractivity contribution in [3.8, 4) is 0 Å². The molecule has 142 valence electrons. The van der Waals surface area contributed by atoms with Gasteiger partial charge in [0.2, 0.25) is 5.78 Å². The van der Waals surface area contributed by atoms with Crippen LogP contribution in [-0.4, -0.2) is 21.7 Å². The predicted octanol–water partition coefficient (Wildman–Crippen LogP) is 5.69. The summed E-state index contributed by atoms with van der Waals surface area (Å²) in [4.78, 5) is 26.9. The van der Waals surface area contributed by atoms with Crippen LogP contribution >= 0.6 is 35.0 Å². The molecular weight excluding hydrogens is 408 g/mol. The fraction of sp³-hybridized carbons (Fsp3) is 0.300. The van der Waals surface area contributed by atoms with E-state index in [9.17, 15) is 14.0 Å². The highest BCUT2D eigenvalue weighted by molar-refractivity contribution is 8.02. The van der Waals surface area contributed by atoms with Crippen molar-refractivity contribution >= 4 is 52.3 Å². The zero-order valence-electron chi connectivity index (χ0n) is 15.0. The maximum Gasteiger partial charge on any atom is 0.296 e. The molecule has 2 aromatic rings. The summed E-state index contributed by atoms with van der Waals surface area (Å²) in [6, 6.07) is 10.7. The van der Waals surface area contributed by atoms with Crippen molar-refractivity contribution in [1.82, 2.24) is 0 Å². The number of amides is 1. The average molecular weight is 426 g/mol. The topological polar surface area (TPSA) is 37.4 Å². The van der Waals surface area contributed by atoms with Crippen molar-refractivity contribution in [2.24, 2.45) is 0 Å². The summed E-state index contributed by atoms with van der Waals surface area (Å²) in [7, 11) is 0. The molecule has 2 aromatic carbocycles. The second-order valence-corrected chi connectivity index (χ2v) is 10.1. The van der Waals surface area contributed by atoms with Gasteiger partial charge in [0.05, 0.1) is 22.0 Å². The number of anilines is 1. The SMILES string of the molecule is CC(C)(C)SC1C(=O)C(=O)N(c2cccc(Cl)c2F)C1c1ccc(Cl)cc1. The number of thioether (sulfide) groups is 1. The van der Waals surface area contributed by atoms with Crippen LogP contribution in [0.4, 0.5) is 10.1 Å². The Labute approximate surface area is 171 Å². The van der Waals surface area contributed by atoms with Crippen LogP contribution in [0.5, 0.6) is 0 Å². The molecule has 1 saturated heterocycles. The third-order valence-corrected chi connectivity index (χ3v) is 6.11. The molecule has 0 radical (unpaired) electrons. The van der Waals surface area contributed by atoms with Crippen LogP contribution in [0.1, 0.15) is 32.4 Å². The van der Waals surface area contributed by atoms with Gasteiger partial charge >= 0.3 is 0 Å². The van der Waals surface area contributed by atoms with Gasteiger partial charge in [-0.2, -0.15) is 0 Å². The number of ketones is 1. The van der Waals surface area contributed by atoms with Crippen molar-refractivity contribution in [3.05, 3.63) is 63.9 Å². The van der Waals surface area contributed by atoms with Gasteiger partial charge in [-0.15, -0.1) is 11.8 Å². The van der Waals surface area contributed by atoms with Crippen LogP contribution in [0.25, 0.3) is 0 Å². The first-order chi connectivity index (χ1) is 12.6. The Bertz CT molecular complexity index is 896. The minimum Gasteiger partial charge on any atom is -0.294 e. The number of Topliss-reactive ketones (excluding diaryl/α,β-unsaturated/α-hetero) is 1. The van der Waals surface area contributed by atoms with Crippen molar-refractivity contribution in [3.63, 3.8) is 0 Å². The van der Waals surface area contributed by atoms with Gasteiger partial charge in [0.25, 0.3) is 5.91 Å². The Morgan fingerprint density at radius 3 is 2.26 bits per heavy atom. The molecule has 1 fully saturated rings. The molecule has 0 saturated carbocycles. The van der Waals surface area contributed by atoms with Crippen LogP contribution < -0.4 is 4.90 Å². The van der Waals surface area contributed by atoms with Crippen LogP contribution in [0.15, 0.2) is 42.5 Å². The second kappa shape index (κ2) is 7.46. The molecule has 2 atom stereocenters. The zero-order chi connectivity index (χ0) is 19.9. The fourth-order valence-corrected chi connectivity index (χ4v) is 4.74. The molecule has 1 aliphatic rings. The van der Waals surface area contributed by atoms with Crippen molar-refractivity contribution in [2.75, 3.05) is 4.90 Å². The highest BCUT2D eigenvalue weighted by Gasteiger charge is 2.51. The summed E-state index contributed by atoms with van der Waals surface area (Å²) < 4.78 is 14.4. The van der Waals surface area contributed by atoms with E-state index in [1.54, 1.807) is 30.3 Å². The third-order valence-electron chi connectivity index (χ3n) is 4.14. The zero-order valence-corrected chi connectivity index (χ0v) is 17.3. The van der Waals surface area contributed by atoms with E-state index in [0.29, 0.717) is 10.6 Å². The van der Waals surface area contributed by atoms with E-state index in [0.717, 1.165) is 0 Å². The van der Waals surface area contributed by atoms with E-state index >= 15 is 0 Å². The van der Waals surface area contributed by atoms with Gasteiger partial charge in [0.1, 0.15) is 0 Å². The number of benzene rings is 2. The van der Waals surface area contributed by atoms with Crippen molar-refractivity contribution in [2.45, 2.75) is 36.8 Å². The first-order valence-electron chi connectivity index (χ1n) is 8.35. The normalized spacial score (nSPS) is 20.4. The molecule has 27 heavy (non-hydrogen) atoms. The number of carbonyl (C=O) groups is 2. The van der Waals surface area contributed by atoms with Crippen LogP contribution in [0.2, 0.25) is 10.0 Å². The molecular formula is C20H18Cl2FNO2S. The van der Waals surface area contributed by atoms with Crippen molar-refractivity contribution < 1.29 is 14.0 Å². The minimum absolute atomic E-state index is 0.00203. The Hall–Kier alpha value is -1.56. The summed E-state index contributed by atoms with van der Waals surface area (Å²) in [6.45, 7) is 5.91. The quantitative estimate of drug-likeness (QED) is 0.592. The van der Waals surface area contributed by atoms with Crippen LogP contribution in [0.3, 0.4) is 0 Å². The summed E-state index contributed by atoms with van der Waals surface area (Å²) >= 11 is 13.3. The predicted molar refractivity (Wildman–Crippen MR) is 109 cm³/mol. The Morgan fingerprint density at radius 2 is 1.67 bits per heavy atom. The number of rotatable bonds is 3. The lowest BCUT2D eigenvalue weighted by Crippen LogP contribution is -2.31. The molecule has 0 aliphatic carbocycles. The summed E-state index contributed by atoms with van der Waals surface area (Å²) in [5.74, 6) is -2.01. The highest BCUT2D eigenvalue weighted by atomic mass is 35.5. The average Bonchev–Trinajstić information content (AvgIpc) is 2.82. The summed E-state index contributed by atoms with van der Waals surface area (Å²) in [6.07, 6.45) is 0. The van der Waals surface area contributed by atoms with Gasteiger partial charge in [-0.1, -0.05) is 62.2 Å². The van der Waals surface area contributed by atoms with E-state index in [4.69, 9.17) is 23.2 Å². The Kier molecular flexibility index (Phi) is 5.57. The van der Waals surface area contributed by atoms with Gasteiger partial charge in [-0.25, -0.2) is 4.39 Å². The van der Waals surface area contributed by atoms with E-state index in [2.05, 4.69) is 0 Å². The largest absolute Gasteiger partial charge is 0.296 e. The highest BCUT2D eigenvalue weighted by Crippen LogP contribution is 2.46. The molecule has 0 bridgehead atoms. The van der Waals surface area contributed by atoms with Gasteiger partial charge in [0, 0.05) is 9.77 Å². The monoisotopic (exact) mass is 425 g/mol. The van der Waals surface area contributed by atoms with E-state index in [-0.39, 0.29) is 15.5 Å². The van der Waals surface area contributed by atoms with Gasteiger partial charge in [-0.05, 0) is 29.8 Å². The number of carbonyl (C=O) groups excluding carboxylic acids is 2. The first kappa shape index (κ1) is 20.2. The molecule has 1 heterocycles. The van der Waals surface area contributed by atoms with Crippen LogP contribution in [-0.2, 0) is 9.59 Å². The lowest BCUT2D eigenvalue weighted by molar-refractivity contribution is -0.133. The second-order valence-electron chi connectivity index (χ2n) is 7.26.